The summed E-state index contributed by atoms with van der Waals surface area (Å²) in [7, 11) is 1.61. The number of carbonyl (C=O) groups is 1. The monoisotopic (exact) mass is 228 g/mol. The first-order chi connectivity index (χ1) is 8.33. The Bertz CT molecular complexity index is 526. The van der Waals surface area contributed by atoms with E-state index in [-0.39, 0.29) is 0 Å². The fourth-order valence-corrected chi connectivity index (χ4v) is 1.47. The minimum Gasteiger partial charge on any atom is -0.497 e. The van der Waals surface area contributed by atoms with Crippen LogP contribution >= 0.6 is 0 Å². The van der Waals surface area contributed by atoms with Gasteiger partial charge >= 0.3 is 0 Å². The molecule has 0 amide bonds. The van der Waals surface area contributed by atoms with Gasteiger partial charge in [0.25, 0.3) is 0 Å². The van der Waals surface area contributed by atoms with Crippen molar-refractivity contribution in [3.63, 3.8) is 0 Å². The molecule has 0 aliphatic heterocycles. The van der Waals surface area contributed by atoms with E-state index >= 15 is 0 Å². The SMILES string of the molecule is COc1cccc(Nc2ccncc2C=O)c1. The molecule has 0 aliphatic rings. The average Bonchev–Trinajstić information content (AvgIpc) is 2.39. The maximum absolute atomic E-state index is 10.8. The van der Waals surface area contributed by atoms with Gasteiger partial charge in [-0.15, -0.1) is 0 Å². The lowest BCUT2D eigenvalue weighted by molar-refractivity contribution is 0.112. The lowest BCUT2D eigenvalue weighted by atomic mass is 10.2. The van der Waals surface area contributed by atoms with Gasteiger partial charge in [-0.1, -0.05) is 6.07 Å². The molecule has 0 bridgehead atoms. The first kappa shape index (κ1) is 11.1. The molecule has 2 aromatic rings. The quantitative estimate of drug-likeness (QED) is 0.817. The van der Waals surface area contributed by atoms with Gasteiger partial charge in [-0.2, -0.15) is 0 Å². The predicted octanol–water partition coefficient (Wildman–Crippen LogP) is 2.65. The molecule has 0 unspecified atom stereocenters. The van der Waals surface area contributed by atoms with E-state index in [9.17, 15) is 4.79 Å². The molecule has 1 N–H and O–H groups in total. The Morgan fingerprint density at radius 3 is 3.00 bits per heavy atom. The first-order valence-corrected chi connectivity index (χ1v) is 5.14. The van der Waals surface area contributed by atoms with Crippen LogP contribution in [0.4, 0.5) is 11.4 Å². The molecule has 2 rings (SSSR count). The highest BCUT2D eigenvalue weighted by Gasteiger charge is 2.02. The zero-order valence-corrected chi connectivity index (χ0v) is 9.38. The minimum atomic E-state index is 0.523. The zero-order chi connectivity index (χ0) is 12.1. The molecule has 86 valence electrons. The van der Waals surface area contributed by atoms with E-state index in [1.807, 2.05) is 24.3 Å². The van der Waals surface area contributed by atoms with E-state index in [4.69, 9.17) is 4.74 Å². The molecule has 0 spiro atoms. The minimum absolute atomic E-state index is 0.523. The molecule has 4 heteroatoms. The lowest BCUT2D eigenvalue weighted by Gasteiger charge is -2.09. The molecule has 0 radical (unpaired) electrons. The average molecular weight is 228 g/mol. The molecule has 17 heavy (non-hydrogen) atoms. The maximum Gasteiger partial charge on any atom is 0.153 e. The van der Waals surface area contributed by atoms with E-state index in [2.05, 4.69) is 10.3 Å². The number of carbonyl (C=O) groups excluding carboxylic acids is 1. The number of aromatic nitrogens is 1. The van der Waals surface area contributed by atoms with Crippen LogP contribution in [0.3, 0.4) is 0 Å². The number of hydrogen-bond acceptors (Lipinski definition) is 4. The van der Waals surface area contributed by atoms with Gasteiger partial charge < -0.3 is 10.1 Å². The topological polar surface area (TPSA) is 51.2 Å². The van der Waals surface area contributed by atoms with E-state index in [0.29, 0.717) is 5.56 Å². The number of hydrogen-bond donors (Lipinski definition) is 1. The molecule has 0 saturated heterocycles. The Morgan fingerprint density at radius 1 is 1.35 bits per heavy atom. The highest BCUT2D eigenvalue weighted by Crippen LogP contribution is 2.22. The Hall–Kier alpha value is -2.36. The van der Waals surface area contributed by atoms with Crippen LogP contribution in [0.5, 0.6) is 5.75 Å². The van der Waals surface area contributed by atoms with Crippen LogP contribution in [-0.4, -0.2) is 18.4 Å². The summed E-state index contributed by atoms with van der Waals surface area (Å²) in [6.45, 7) is 0. The second-order valence-corrected chi connectivity index (χ2v) is 3.44. The summed E-state index contributed by atoms with van der Waals surface area (Å²) >= 11 is 0. The smallest absolute Gasteiger partial charge is 0.153 e. The van der Waals surface area contributed by atoms with E-state index in [1.54, 1.807) is 19.4 Å². The van der Waals surface area contributed by atoms with Crippen LogP contribution in [0.1, 0.15) is 10.4 Å². The molecule has 4 nitrogen and oxygen atoms in total. The van der Waals surface area contributed by atoms with Crippen molar-refractivity contribution in [2.75, 3.05) is 12.4 Å². The fraction of sp³-hybridized carbons (Fsp3) is 0.0769. The third-order valence-corrected chi connectivity index (χ3v) is 2.33. The third kappa shape index (κ3) is 2.60. The van der Waals surface area contributed by atoms with Crippen molar-refractivity contribution >= 4 is 17.7 Å². The van der Waals surface area contributed by atoms with Gasteiger partial charge in [0, 0.05) is 24.1 Å². The highest BCUT2D eigenvalue weighted by molar-refractivity contribution is 5.85. The highest BCUT2D eigenvalue weighted by atomic mass is 16.5. The Labute approximate surface area is 99.3 Å². The number of rotatable bonds is 4. The Kier molecular flexibility index (Phi) is 3.35. The van der Waals surface area contributed by atoms with Crippen molar-refractivity contribution in [2.24, 2.45) is 0 Å². The van der Waals surface area contributed by atoms with Crippen molar-refractivity contribution in [3.05, 3.63) is 48.3 Å². The molecule has 0 saturated carbocycles. The number of nitrogens with one attached hydrogen (secondary N) is 1. The summed E-state index contributed by atoms with van der Waals surface area (Å²) in [6.07, 6.45) is 3.93. The molecule has 0 fully saturated rings. The van der Waals surface area contributed by atoms with Gasteiger partial charge in [0.15, 0.2) is 6.29 Å². The Morgan fingerprint density at radius 2 is 2.24 bits per heavy atom. The van der Waals surface area contributed by atoms with Crippen LogP contribution in [0.2, 0.25) is 0 Å². The van der Waals surface area contributed by atoms with Crippen LogP contribution in [0.15, 0.2) is 42.7 Å². The number of aldehydes is 1. The van der Waals surface area contributed by atoms with Crippen LogP contribution < -0.4 is 10.1 Å². The summed E-state index contributed by atoms with van der Waals surface area (Å²) < 4.78 is 5.13. The normalized spacial score (nSPS) is 9.71. The summed E-state index contributed by atoms with van der Waals surface area (Å²) in [4.78, 5) is 14.7. The number of nitrogens with zero attached hydrogens (tertiary/aromatic N) is 1. The summed E-state index contributed by atoms with van der Waals surface area (Å²) in [6, 6.07) is 9.25. The van der Waals surface area contributed by atoms with Crippen molar-refractivity contribution in [1.29, 1.82) is 0 Å². The molecular formula is C13H12N2O2. The van der Waals surface area contributed by atoms with Crippen LogP contribution in [0, 0.1) is 0 Å². The van der Waals surface area contributed by atoms with Gasteiger partial charge in [0.05, 0.1) is 18.4 Å². The number of benzene rings is 1. The van der Waals surface area contributed by atoms with Crippen molar-refractivity contribution < 1.29 is 9.53 Å². The van der Waals surface area contributed by atoms with E-state index in [1.165, 1.54) is 6.20 Å². The predicted molar refractivity (Wildman–Crippen MR) is 65.9 cm³/mol. The Balaban J connectivity index is 2.27. The molecule has 1 heterocycles. The summed E-state index contributed by atoms with van der Waals surface area (Å²) in [5.74, 6) is 0.761. The second-order valence-electron chi connectivity index (χ2n) is 3.44. The maximum atomic E-state index is 10.8. The van der Waals surface area contributed by atoms with Crippen LogP contribution in [-0.2, 0) is 0 Å². The number of anilines is 2. The van der Waals surface area contributed by atoms with Crippen molar-refractivity contribution in [1.82, 2.24) is 4.98 Å². The molecule has 1 aromatic carbocycles. The number of methoxy groups -OCH3 is 1. The van der Waals surface area contributed by atoms with Gasteiger partial charge in [-0.25, -0.2) is 0 Å². The van der Waals surface area contributed by atoms with Crippen molar-refractivity contribution in [2.45, 2.75) is 0 Å². The number of ether oxygens (including phenoxy) is 1. The number of pyridine rings is 1. The van der Waals surface area contributed by atoms with Gasteiger partial charge in [-0.05, 0) is 18.2 Å². The largest absolute Gasteiger partial charge is 0.497 e. The van der Waals surface area contributed by atoms with Gasteiger partial charge in [0.2, 0.25) is 0 Å². The van der Waals surface area contributed by atoms with Crippen LogP contribution in [0.25, 0.3) is 0 Å². The lowest BCUT2D eigenvalue weighted by Crippen LogP contribution is -1.96. The second kappa shape index (κ2) is 5.12. The van der Waals surface area contributed by atoms with E-state index in [0.717, 1.165) is 23.4 Å². The molecule has 1 aromatic heterocycles. The fourth-order valence-electron chi connectivity index (χ4n) is 1.47. The molecule has 0 atom stereocenters. The standard InChI is InChI=1S/C13H12N2O2/c1-17-12-4-2-3-11(7-12)15-13-5-6-14-8-10(13)9-16/h2-9H,1H3,(H,14,15). The van der Waals surface area contributed by atoms with Gasteiger partial charge in [-0.3, -0.25) is 9.78 Å². The third-order valence-electron chi connectivity index (χ3n) is 2.33. The zero-order valence-electron chi connectivity index (χ0n) is 9.38. The van der Waals surface area contributed by atoms with E-state index < -0.39 is 0 Å². The summed E-state index contributed by atoms with van der Waals surface area (Å²) in [5, 5.41) is 3.15. The first-order valence-electron chi connectivity index (χ1n) is 5.14. The van der Waals surface area contributed by atoms with Gasteiger partial charge in [0.1, 0.15) is 5.75 Å². The molecular weight excluding hydrogens is 216 g/mol. The summed E-state index contributed by atoms with van der Waals surface area (Å²) in [5.41, 5.74) is 2.11. The van der Waals surface area contributed by atoms with Crippen molar-refractivity contribution in [3.8, 4) is 5.75 Å². The molecule has 0 aliphatic carbocycles.